The van der Waals surface area contributed by atoms with E-state index >= 15 is 0 Å². The van der Waals surface area contributed by atoms with E-state index in [2.05, 4.69) is 41.5 Å². The molecule has 1 aromatic heterocycles. The van der Waals surface area contributed by atoms with Crippen molar-refractivity contribution in [3.8, 4) is 0 Å². The molecule has 0 amide bonds. The summed E-state index contributed by atoms with van der Waals surface area (Å²) < 4.78 is 10.8. The van der Waals surface area contributed by atoms with Crippen molar-refractivity contribution in [2.75, 3.05) is 0 Å². The topological polar surface area (TPSA) is 43.4 Å². The van der Waals surface area contributed by atoms with E-state index in [0.717, 1.165) is 17.9 Å². The normalized spacial score (nSPS) is 14.9. The summed E-state index contributed by atoms with van der Waals surface area (Å²) in [5, 5.41) is 0. The van der Waals surface area contributed by atoms with E-state index in [0.29, 0.717) is 0 Å². The van der Waals surface area contributed by atoms with Crippen molar-refractivity contribution in [2.45, 2.75) is 105 Å². The molecule has 0 aliphatic heterocycles. The minimum atomic E-state index is -0.561. The van der Waals surface area contributed by atoms with Crippen molar-refractivity contribution in [3.05, 3.63) is 22.1 Å². The summed E-state index contributed by atoms with van der Waals surface area (Å²) in [6.45, 7) is 13.0. The molecular formula is C20H36O3. The van der Waals surface area contributed by atoms with Crippen LogP contribution in [0, 0.1) is 5.41 Å². The van der Waals surface area contributed by atoms with Gasteiger partial charge in [0.25, 0.3) is 0 Å². The Bertz CT molecular complexity index is 504. The molecular weight excluding hydrogens is 288 g/mol. The first-order chi connectivity index (χ1) is 10.7. The average molecular weight is 325 g/mol. The van der Waals surface area contributed by atoms with Gasteiger partial charge in [0.1, 0.15) is 0 Å². The molecule has 1 heterocycles. The molecule has 0 bridgehead atoms. The maximum absolute atomic E-state index is 11.6. The molecule has 134 valence electrons. The highest BCUT2D eigenvalue weighted by Crippen LogP contribution is 2.37. The zero-order valence-electron chi connectivity index (χ0n) is 16.1. The Morgan fingerprint density at radius 2 is 1.43 bits per heavy atom. The van der Waals surface area contributed by atoms with Gasteiger partial charge >= 0.3 is 5.82 Å². The Kier molecular flexibility index (Phi) is 7.63. The van der Waals surface area contributed by atoms with Crippen LogP contribution < -0.4 is 5.82 Å². The highest BCUT2D eigenvalue weighted by Gasteiger charge is 2.32. The second-order valence-corrected chi connectivity index (χ2v) is 8.36. The molecule has 0 spiro atoms. The summed E-state index contributed by atoms with van der Waals surface area (Å²) >= 11 is 0. The van der Waals surface area contributed by atoms with Crippen LogP contribution in [-0.2, 0) is 11.8 Å². The molecule has 1 rings (SSSR count). The lowest BCUT2D eigenvalue weighted by Crippen LogP contribution is -2.22. The average Bonchev–Trinajstić information content (AvgIpc) is 2.82. The van der Waals surface area contributed by atoms with Crippen molar-refractivity contribution in [1.82, 2.24) is 0 Å². The number of rotatable bonds is 10. The van der Waals surface area contributed by atoms with Crippen LogP contribution in [0.3, 0.4) is 0 Å². The Labute approximate surface area is 141 Å². The van der Waals surface area contributed by atoms with Crippen LogP contribution in [0.1, 0.15) is 104 Å². The maximum Gasteiger partial charge on any atom is 0.519 e. The largest absolute Gasteiger partial charge is 0.519 e. The quantitative estimate of drug-likeness (QED) is 0.478. The Morgan fingerprint density at radius 1 is 0.826 bits per heavy atom. The minimum absolute atomic E-state index is 0.184. The zero-order valence-corrected chi connectivity index (χ0v) is 16.1. The molecule has 3 nitrogen and oxygen atoms in total. The van der Waals surface area contributed by atoms with Gasteiger partial charge in [-0.1, -0.05) is 80.1 Å². The van der Waals surface area contributed by atoms with Crippen LogP contribution in [0.5, 0.6) is 0 Å². The maximum atomic E-state index is 11.6. The number of hydrogen-bond acceptors (Lipinski definition) is 3. The molecule has 0 saturated carbocycles. The van der Waals surface area contributed by atoms with E-state index in [1.807, 2.05) is 0 Å². The first-order valence-corrected chi connectivity index (χ1v) is 9.35. The van der Waals surface area contributed by atoms with Gasteiger partial charge in [0.2, 0.25) is 0 Å². The number of hydrogen-bond donors (Lipinski definition) is 0. The van der Waals surface area contributed by atoms with Crippen molar-refractivity contribution in [3.63, 3.8) is 0 Å². The predicted octanol–water partition coefficient (Wildman–Crippen LogP) is 6.24. The van der Waals surface area contributed by atoms with Crippen molar-refractivity contribution >= 4 is 0 Å². The second-order valence-electron chi connectivity index (χ2n) is 8.36. The smallest absolute Gasteiger partial charge is 0.396 e. The van der Waals surface area contributed by atoms with Crippen LogP contribution in [0.25, 0.3) is 0 Å². The van der Waals surface area contributed by atoms with Gasteiger partial charge in [0, 0.05) is 11.8 Å². The molecule has 1 unspecified atom stereocenters. The lowest BCUT2D eigenvalue weighted by molar-refractivity contribution is 0.231. The minimum Gasteiger partial charge on any atom is -0.396 e. The van der Waals surface area contributed by atoms with Gasteiger partial charge < -0.3 is 8.83 Å². The fourth-order valence-corrected chi connectivity index (χ4v) is 3.27. The van der Waals surface area contributed by atoms with Crippen LogP contribution in [-0.4, -0.2) is 0 Å². The van der Waals surface area contributed by atoms with Gasteiger partial charge in [0.15, 0.2) is 11.5 Å². The molecule has 0 aromatic carbocycles. The van der Waals surface area contributed by atoms with Crippen molar-refractivity contribution in [1.29, 1.82) is 0 Å². The molecule has 1 atom stereocenters. The first-order valence-electron chi connectivity index (χ1n) is 9.35. The standard InChI is InChI=1S/C20H36O3/c1-7-9-11-12-14-20(6,13-10-8-2)15-16-17(19(3,4)5)23-18(21)22-16/h7-15H2,1-6H3. The summed E-state index contributed by atoms with van der Waals surface area (Å²) in [4.78, 5) is 11.6. The number of unbranched alkanes of at least 4 members (excludes halogenated alkanes) is 4. The molecule has 1 aromatic rings. The third-order valence-electron chi connectivity index (χ3n) is 4.68. The van der Waals surface area contributed by atoms with Crippen molar-refractivity contribution < 1.29 is 8.83 Å². The van der Waals surface area contributed by atoms with E-state index in [-0.39, 0.29) is 10.8 Å². The predicted molar refractivity (Wildman–Crippen MR) is 96.0 cm³/mol. The molecule has 0 N–H and O–H groups in total. The summed E-state index contributed by atoms with van der Waals surface area (Å²) in [7, 11) is 0. The Hall–Kier alpha value is -0.990. The third-order valence-corrected chi connectivity index (χ3v) is 4.68. The second kappa shape index (κ2) is 8.75. The highest BCUT2D eigenvalue weighted by molar-refractivity contribution is 5.15. The van der Waals surface area contributed by atoms with E-state index < -0.39 is 5.82 Å². The van der Waals surface area contributed by atoms with Crippen LogP contribution in [0.15, 0.2) is 13.6 Å². The van der Waals surface area contributed by atoms with Crippen molar-refractivity contribution in [2.24, 2.45) is 5.41 Å². The SMILES string of the molecule is CCCCCCC(C)(CCCC)Cc1oc(=O)oc1C(C)(C)C. The lowest BCUT2D eigenvalue weighted by atomic mass is 9.75. The van der Waals surface area contributed by atoms with E-state index in [9.17, 15) is 4.79 Å². The fraction of sp³-hybridized carbons (Fsp3) is 0.850. The van der Waals surface area contributed by atoms with Gasteiger partial charge in [-0.2, -0.15) is 0 Å². The molecule has 0 aliphatic carbocycles. The van der Waals surface area contributed by atoms with Gasteiger partial charge in [-0.15, -0.1) is 0 Å². The Morgan fingerprint density at radius 3 is 2.00 bits per heavy atom. The third kappa shape index (κ3) is 6.56. The van der Waals surface area contributed by atoms with Crippen LogP contribution in [0.4, 0.5) is 0 Å². The molecule has 0 saturated heterocycles. The molecule has 0 radical (unpaired) electrons. The molecule has 0 fully saturated rings. The zero-order chi connectivity index (χ0) is 17.5. The highest BCUT2D eigenvalue weighted by atomic mass is 16.6. The summed E-state index contributed by atoms with van der Waals surface area (Å²) in [6.07, 6.45) is 10.7. The summed E-state index contributed by atoms with van der Waals surface area (Å²) in [6, 6.07) is 0. The van der Waals surface area contributed by atoms with Gasteiger partial charge in [-0.05, 0) is 18.3 Å². The van der Waals surface area contributed by atoms with Gasteiger partial charge in [-0.3, -0.25) is 0 Å². The first kappa shape index (κ1) is 20.1. The van der Waals surface area contributed by atoms with E-state index in [1.165, 1.54) is 51.4 Å². The fourth-order valence-electron chi connectivity index (χ4n) is 3.27. The van der Waals surface area contributed by atoms with Crippen LogP contribution in [0.2, 0.25) is 0 Å². The molecule has 23 heavy (non-hydrogen) atoms. The summed E-state index contributed by atoms with van der Waals surface area (Å²) in [5.41, 5.74) is -0.0149. The molecule has 0 aliphatic rings. The Balaban J connectivity index is 2.90. The van der Waals surface area contributed by atoms with Gasteiger partial charge in [-0.25, -0.2) is 4.79 Å². The monoisotopic (exact) mass is 324 g/mol. The lowest BCUT2D eigenvalue weighted by Gasteiger charge is -2.30. The van der Waals surface area contributed by atoms with E-state index in [1.54, 1.807) is 0 Å². The van der Waals surface area contributed by atoms with Gasteiger partial charge in [0.05, 0.1) is 0 Å². The molecule has 3 heteroatoms. The summed E-state index contributed by atoms with van der Waals surface area (Å²) in [5.74, 6) is 0.920. The van der Waals surface area contributed by atoms with E-state index in [4.69, 9.17) is 8.83 Å². The van der Waals surface area contributed by atoms with Crippen LogP contribution >= 0.6 is 0 Å².